The zero-order valence-electron chi connectivity index (χ0n) is 15.2. The van der Waals surface area contributed by atoms with Crippen LogP contribution in [0.1, 0.15) is 5.56 Å². The highest BCUT2D eigenvalue weighted by molar-refractivity contribution is 7.13. The number of thiazole rings is 1. The first-order chi connectivity index (χ1) is 13.8. The predicted molar refractivity (Wildman–Crippen MR) is 108 cm³/mol. The summed E-state index contributed by atoms with van der Waals surface area (Å²) in [6, 6.07) is 7.18. The minimum Gasteiger partial charge on any atom is -0.379 e. The van der Waals surface area contributed by atoms with E-state index in [0.717, 1.165) is 49.0 Å². The summed E-state index contributed by atoms with van der Waals surface area (Å²) in [5.74, 6) is 0.983. The molecule has 8 nitrogen and oxygen atoms in total. The molecule has 0 unspecified atom stereocenters. The van der Waals surface area contributed by atoms with E-state index in [1.54, 1.807) is 30.0 Å². The second-order valence-corrected chi connectivity index (χ2v) is 7.16. The van der Waals surface area contributed by atoms with Gasteiger partial charge in [-0.3, -0.25) is 20.5 Å². The highest BCUT2D eigenvalue weighted by Crippen LogP contribution is 2.25. The first-order valence-corrected chi connectivity index (χ1v) is 9.83. The standard InChI is InChI=1S/C19H20N6O2S/c26-19(24-17-13-28-18(22-17)15-2-1-5-20-11-15)23-16-4-3-14(10-21-16)12-25-6-8-27-9-7-25/h1-5,10-11,13H,6-9,12H2,(H2,21,23,24,26). The van der Waals surface area contributed by atoms with E-state index >= 15 is 0 Å². The van der Waals surface area contributed by atoms with E-state index in [1.165, 1.54) is 11.3 Å². The van der Waals surface area contributed by atoms with Crippen LogP contribution >= 0.6 is 11.3 Å². The third-order valence-corrected chi connectivity index (χ3v) is 5.12. The highest BCUT2D eigenvalue weighted by atomic mass is 32.1. The topological polar surface area (TPSA) is 92.3 Å². The lowest BCUT2D eigenvalue weighted by molar-refractivity contribution is 0.0341. The lowest BCUT2D eigenvalue weighted by Gasteiger charge is -2.26. The Kier molecular flexibility index (Phi) is 5.86. The van der Waals surface area contributed by atoms with Crippen molar-refractivity contribution in [2.45, 2.75) is 6.54 Å². The van der Waals surface area contributed by atoms with Crippen LogP contribution in [-0.4, -0.2) is 52.2 Å². The number of urea groups is 1. The molecular weight excluding hydrogens is 376 g/mol. The van der Waals surface area contributed by atoms with Crippen LogP contribution in [0.15, 0.2) is 48.2 Å². The Balaban J connectivity index is 1.30. The number of aromatic nitrogens is 3. The Labute approximate surface area is 166 Å². The summed E-state index contributed by atoms with van der Waals surface area (Å²) < 4.78 is 5.36. The van der Waals surface area contributed by atoms with Crippen LogP contribution in [0.3, 0.4) is 0 Å². The minimum atomic E-state index is -0.378. The molecule has 1 saturated heterocycles. The van der Waals surface area contributed by atoms with E-state index < -0.39 is 0 Å². The second kappa shape index (κ2) is 8.87. The maximum Gasteiger partial charge on any atom is 0.326 e. The molecule has 0 radical (unpaired) electrons. The van der Waals surface area contributed by atoms with Crippen LogP contribution in [0.2, 0.25) is 0 Å². The summed E-state index contributed by atoms with van der Waals surface area (Å²) in [6.07, 6.45) is 5.24. The van der Waals surface area contributed by atoms with Crippen LogP contribution in [0.5, 0.6) is 0 Å². The van der Waals surface area contributed by atoms with Crippen molar-refractivity contribution in [3.05, 3.63) is 53.8 Å². The Morgan fingerprint density at radius 1 is 1.14 bits per heavy atom. The molecule has 144 valence electrons. The fraction of sp³-hybridized carbons (Fsp3) is 0.263. The normalized spacial score (nSPS) is 14.6. The smallest absolute Gasteiger partial charge is 0.326 e. The van der Waals surface area contributed by atoms with Crippen molar-refractivity contribution in [3.8, 4) is 10.6 Å². The van der Waals surface area contributed by atoms with Crippen LogP contribution in [0, 0.1) is 0 Å². The highest BCUT2D eigenvalue weighted by Gasteiger charge is 2.12. The van der Waals surface area contributed by atoms with Gasteiger partial charge in [-0.1, -0.05) is 6.07 Å². The average molecular weight is 396 g/mol. The van der Waals surface area contributed by atoms with Crippen LogP contribution < -0.4 is 10.6 Å². The molecule has 0 atom stereocenters. The van der Waals surface area contributed by atoms with Gasteiger partial charge in [-0.15, -0.1) is 11.3 Å². The number of hydrogen-bond acceptors (Lipinski definition) is 7. The first kappa shape index (κ1) is 18.5. The maximum absolute atomic E-state index is 12.2. The maximum atomic E-state index is 12.2. The molecular formula is C19H20N6O2S. The van der Waals surface area contributed by atoms with E-state index in [0.29, 0.717) is 11.6 Å². The number of pyridine rings is 2. The van der Waals surface area contributed by atoms with Gasteiger partial charge in [0.1, 0.15) is 16.6 Å². The van der Waals surface area contributed by atoms with Crippen molar-refractivity contribution in [1.82, 2.24) is 19.9 Å². The van der Waals surface area contributed by atoms with E-state index in [1.807, 2.05) is 18.2 Å². The molecule has 0 spiro atoms. The largest absolute Gasteiger partial charge is 0.379 e. The SMILES string of the molecule is O=C(Nc1ccc(CN2CCOCC2)cn1)Nc1csc(-c2cccnc2)n1. The van der Waals surface area contributed by atoms with Gasteiger partial charge in [0.2, 0.25) is 0 Å². The van der Waals surface area contributed by atoms with Crippen molar-refractivity contribution in [2.75, 3.05) is 36.9 Å². The summed E-state index contributed by atoms with van der Waals surface area (Å²) in [5, 5.41) is 8.05. The molecule has 2 N–H and O–H groups in total. The summed E-state index contributed by atoms with van der Waals surface area (Å²) in [4.78, 5) is 27.3. The van der Waals surface area contributed by atoms with Gasteiger partial charge >= 0.3 is 6.03 Å². The van der Waals surface area contributed by atoms with Gasteiger partial charge in [-0.05, 0) is 23.8 Å². The quantitative estimate of drug-likeness (QED) is 0.689. The number of ether oxygens (including phenoxy) is 1. The zero-order chi connectivity index (χ0) is 19.2. The number of anilines is 2. The first-order valence-electron chi connectivity index (χ1n) is 8.95. The van der Waals surface area contributed by atoms with Crippen molar-refractivity contribution < 1.29 is 9.53 Å². The van der Waals surface area contributed by atoms with Gasteiger partial charge in [0.15, 0.2) is 0 Å². The van der Waals surface area contributed by atoms with Gasteiger partial charge in [0, 0.05) is 49.2 Å². The van der Waals surface area contributed by atoms with Crippen molar-refractivity contribution >= 4 is 29.0 Å². The van der Waals surface area contributed by atoms with E-state index in [9.17, 15) is 4.79 Å². The van der Waals surface area contributed by atoms with Crippen LogP contribution in [-0.2, 0) is 11.3 Å². The van der Waals surface area contributed by atoms with Crippen molar-refractivity contribution in [2.24, 2.45) is 0 Å². The Morgan fingerprint density at radius 2 is 2.00 bits per heavy atom. The average Bonchev–Trinajstić information content (AvgIpc) is 3.19. The molecule has 0 aliphatic carbocycles. The molecule has 9 heteroatoms. The number of amides is 2. The van der Waals surface area contributed by atoms with Crippen molar-refractivity contribution in [3.63, 3.8) is 0 Å². The van der Waals surface area contributed by atoms with E-state index in [2.05, 4.69) is 30.5 Å². The molecule has 1 aliphatic rings. The van der Waals surface area contributed by atoms with E-state index in [4.69, 9.17) is 4.74 Å². The molecule has 1 fully saturated rings. The molecule has 0 saturated carbocycles. The monoisotopic (exact) mass is 396 g/mol. The lowest BCUT2D eigenvalue weighted by Crippen LogP contribution is -2.35. The number of hydrogen-bond donors (Lipinski definition) is 2. The molecule has 4 rings (SSSR count). The zero-order valence-corrected chi connectivity index (χ0v) is 16.0. The molecule has 3 aromatic heterocycles. The molecule has 3 aromatic rings. The Bertz CT molecular complexity index is 910. The van der Waals surface area contributed by atoms with Gasteiger partial charge < -0.3 is 4.74 Å². The summed E-state index contributed by atoms with van der Waals surface area (Å²) >= 11 is 1.45. The number of nitrogens with zero attached hydrogens (tertiary/aromatic N) is 4. The summed E-state index contributed by atoms with van der Waals surface area (Å²) in [7, 11) is 0. The summed E-state index contributed by atoms with van der Waals surface area (Å²) in [6.45, 7) is 4.23. The Morgan fingerprint density at radius 3 is 2.75 bits per heavy atom. The Hall–Kier alpha value is -2.88. The molecule has 4 heterocycles. The van der Waals surface area contributed by atoms with Gasteiger partial charge in [-0.2, -0.15) is 0 Å². The minimum absolute atomic E-state index is 0.378. The number of carbonyl (C=O) groups is 1. The molecule has 0 aromatic carbocycles. The predicted octanol–water partition coefficient (Wildman–Crippen LogP) is 3.08. The molecule has 2 amide bonds. The van der Waals surface area contributed by atoms with Gasteiger partial charge in [0.05, 0.1) is 13.2 Å². The van der Waals surface area contributed by atoms with Crippen LogP contribution in [0.25, 0.3) is 10.6 Å². The number of rotatable bonds is 5. The third-order valence-electron chi connectivity index (χ3n) is 4.23. The number of morpholine rings is 1. The van der Waals surface area contributed by atoms with Gasteiger partial charge in [-0.25, -0.2) is 14.8 Å². The fourth-order valence-corrected chi connectivity index (χ4v) is 3.57. The fourth-order valence-electron chi connectivity index (χ4n) is 2.83. The molecule has 1 aliphatic heterocycles. The summed E-state index contributed by atoms with van der Waals surface area (Å²) in [5.41, 5.74) is 2.02. The third kappa shape index (κ3) is 4.89. The number of nitrogens with one attached hydrogen (secondary N) is 2. The van der Waals surface area contributed by atoms with Crippen LogP contribution in [0.4, 0.5) is 16.4 Å². The second-order valence-electron chi connectivity index (χ2n) is 6.30. The van der Waals surface area contributed by atoms with Crippen molar-refractivity contribution in [1.29, 1.82) is 0 Å². The van der Waals surface area contributed by atoms with Gasteiger partial charge in [0.25, 0.3) is 0 Å². The molecule has 0 bridgehead atoms. The number of carbonyl (C=O) groups excluding carboxylic acids is 1. The van der Waals surface area contributed by atoms with E-state index in [-0.39, 0.29) is 6.03 Å². The molecule has 28 heavy (non-hydrogen) atoms. The lowest BCUT2D eigenvalue weighted by atomic mass is 10.2.